The first kappa shape index (κ1) is 18.2. The predicted octanol–water partition coefficient (Wildman–Crippen LogP) is 3.06. The van der Waals surface area contributed by atoms with Gasteiger partial charge >= 0.3 is 0 Å². The lowest BCUT2D eigenvalue weighted by atomic mass is 10.1. The molecular formula is C19H26N4O. The normalized spacial score (nSPS) is 11.7. The number of likely N-dealkylation sites (N-methyl/N-ethyl adjacent to an activating group) is 1. The van der Waals surface area contributed by atoms with E-state index in [1.807, 2.05) is 55.1 Å². The van der Waals surface area contributed by atoms with Crippen LogP contribution < -0.4 is 0 Å². The summed E-state index contributed by atoms with van der Waals surface area (Å²) in [7, 11) is 0. The average molecular weight is 326 g/mol. The molecule has 0 fully saturated rings. The molecule has 0 bridgehead atoms. The third kappa shape index (κ3) is 5.19. The minimum Gasteiger partial charge on any atom is -0.389 e. The van der Waals surface area contributed by atoms with E-state index in [4.69, 9.17) is 5.26 Å². The Morgan fingerprint density at radius 2 is 2.00 bits per heavy atom. The third-order valence-corrected chi connectivity index (χ3v) is 3.79. The van der Waals surface area contributed by atoms with Gasteiger partial charge in [0.15, 0.2) is 0 Å². The van der Waals surface area contributed by atoms with Crippen LogP contribution in [0, 0.1) is 11.3 Å². The maximum atomic E-state index is 10.1. The van der Waals surface area contributed by atoms with Crippen molar-refractivity contribution in [3.05, 3.63) is 42.1 Å². The first-order chi connectivity index (χ1) is 11.4. The van der Waals surface area contributed by atoms with Gasteiger partial charge in [0.2, 0.25) is 0 Å². The van der Waals surface area contributed by atoms with Crippen LogP contribution in [0.15, 0.2) is 36.5 Å². The van der Waals surface area contributed by atoms with Crippen LogP contribution in [0.4, 0.5) is 0 Å². The molecule has 128 valence electrons. The van der Waals surface area contributed by atoms with Crippen LogP contribution in [0.1, 0.15) is 32.8 Å². The highest BCUT2D eigenvalue weighted by atomic mass is 16.3. The monoisotopic (exact) mass is 326 g/mol. The summed E-state index contributed by atoms with van der Waals surface area (Å²) in [5.41, 5.74) is 2.40. The standard InChI is InChI=1S/C19H26N4O/c1-4-22(15-19(2,3)24)13-17-14-23(12-8-11-20)21-18(17)16-9-6-5-7-10-16/h5-7,9-10,14,24H,4,8,12-13,15H2,1-3H3. The van der Waals surface area contributed by atoms with Crippen molar-refractivity contribution in [2.24, 2.45) is 0 Å². The molecule has 0 atom stereocenters. The number of hydrogen-bond donors (Lipinski definition) is 1. The molecule has 0 spiro atoms. The average Bonchev–Trinajstić information content (AvgIpc) is 2.94. The van der Waals surface area contributed by atoms with Crippen molar-refractivity contribution in [3.8, 4) is 17.3 Å². The number of benzene rings is 1. The lowest BCUT2D eigenvalue weighted by molar-refractivity contribution is 0.0354. The molecule has 0 amide bonds. The molecule has 0 aliphatic carbocycles. The number of nitrogens with zero attached hydrogens (tertiary/aromatic N) is 4. The minimum atomic E-state index is -0.736. The number of aryl methyl sites for hydroxylation is 1. The van der Waals surface area contributed by atoms with Crippen molar-refractivity contribution in [1.29, 1.82) is 5.26 Å². The van der Waals surface area contributed by atoms with Crippen LogP contribution in [0.5, 0.6) is 0 Å². The van der Waals surface area contributed by atoms with Crippen molar-refractivity contribution in [2.45, 2.75) is 45.9 Å². The lowest BCUT2D eigenvalue weighted by Gasteiger charge is -2.27. The molecule has 5 heteroatoms. The van der Waals surface area contributed by atoms with E-state index in [0.717, 1.165) is 29.9 Å². The van der Waals surface area contributed by atoms with Gasteiger partial charge in [0.25, 0.3) is 0 Å². The van der Waals surface area contributed by atoms with Gasteiger partial charge < -0.3 is 5.11 Å². The van der Waals surface area contributed by atoms with E-state index in [1.165, 1.54) is 0 Å². The van der Waals surface area contributed by atoms with Crippen molar-refractivity contribution in [2.75, 3.05) is 13.1 Å². The fourth-order valence-electron chi connectivity index (χ4n) is 2.76. The van der Waals surface area contributed by atoms with E-state index in [9.17, 15) is 5.11 Å². The summed E-state index contributed by atoms with van der Waals surface area (Å²) >= 11 is 0. The Labute approximate surface area is 144 Å². The first-order valence-electron chi connectivity index (χ1n) is 8.36. The smallest absolute Gasteiger partial charge is 0.0968 e. The van der Waals surface area contributed by atoms with Crippen molar-refractivity contribution in [1.82, 2.24) is 14.7 Å². The molecule has 5 nitrogen and oxygen atoms in total. The van der Waals surface area contributed by atoms with Crippen molar-refractivity contribution in [3.63, 3.8) is 0 Å². The number of nitriles is 1. The first-order valence-corrected chi connectivity index (χ1v) is 8.36. The molecule has 2 rings (SSSR count). The Balaban J connectivity index is 2.29. The van der Waals surface area contributed by atoms with E-state index in [2.05, 4.69) is 23.0 Å². The predicted molar refractivity (Wildman–Crippen MR) is 95.1 cm³/mol. The van der Waals surface area contributed by atoms with Gasteiger partial charge in [0.1, 0.15) is 0 Å². The van der Waals surface area contributed by atoms with Crippen LogP contribution in [-0.4, -0.2) is 38.5 Å². The topological polar surface area (TPSA) is 65.1 Å². The highest BCUT2D eigenvalue weighted by Crippen LogP contribution is 2.24. The molecule has 0 saturated heterocycles. The Morgan fingerprint density at radius 3 is 2.58 bits per heavy atom. The van der Waals surface area contributed by atoms with Crippen LogP contribution in [0.3, 0.4) is 0 Å². The SMILES string of the molecule is CCN(Cc1cn(CCC#N)nc1-c1ccccc1)CC(C)(C)O. The maximum Gasteiger partial charge on any atom is 0.0968 e. The van der Waals surface area contributed by atoms with E-state index in [0.29, 0.717) is 19.5 Å². The van der Waals surface area contributed by atoms with Crippen LogP contribution in [0.25, 0.3) is 11.3 Å². The summed E-state index contributed by atoms with van der Waals surface area (Å²) in [5, 5.41) is 23.6. The summed E-state index contributed by atoms with van der Waals surface area (Å²) in [5.74, 6) is 0. The lowest BCUT2D eigenvalue weighted by Crippen LogP contribution is -2.38. The molecule has 0 aliphatic heterocycles. The number of rotatable bonds is 8. The fourth-order valence-corrected chi connectivity index (χ4v) is 2.76. The zero-order valence-electron chi connectivity index (χ0n) is 14.7. The summed E-state index contributed by atoms with van der Waals surface area (Å²) < 4.78 is 1.85. The number of aliphatic hydroxyl groups is 1. The quantitative estimate of drug-likeness (QED) is 0.810. The largest absolute Gasteiger partial charge is 0.389 e. The molecule has 1 heterocycles. The molecule has 1 N–H and O–H groups in total. The molecular weight excluding hydrogens is 300 g/mol. The highest BCUT2D eigenvalue weighted by molar-refractivity contribution is 5.62. The summed E-state index contributed by atoms with van der Waals surface area (Å²) in [6.07, 6.45) is 2.46. The van der Waals surface area contributed by atoms with E-state index < -0.39 is 5.60 Å². The molecule has 24 heavy (non-hydrogen) atoms. The van der Waals surface area contributed by atoms with Crippen LogP contribution in [-0.2, 0) is 13.1 Å². The van der Waals surface area contributed by atoms with Gasteiger partial charge in [-0.2, -0.15) is 10.4 Å². The van der Waals surface area contributed by atoms with Gasteiger partial charge in [0.05, 0.1) is 30.3 Å². The van der Waals surface area contributed by atoms with Crippen molar-refractivity contribution >= 4 is 0 Å². The van der Waals surface area contributed by atoms with Gasteiger partial charge in [-0.3, -0.25) is 9.58 Å². The Bertz CT molecular complexity index is 680. The summed E-state index contributed by atoms with van der Waals surface area (Å²) in [6, 6.07) is 12.3. The Hall–Kier alpha value is -2.16. The molecule has 1 aromatic heterocycles. The number of aromatic nitrogens is 2. The maximum absolute atomic E-state index is 10.1. The Kier molecular flexibility index (Phi) is 6.13. The minimum absolute atomic E-state index is 0.441. The molecule has 0 radical (unpaired) electrons. The van der Waals surface area contributed by atoms with Gasteiger partial charge in [-0.1, -0.05) is 37.3 Å². The molecule has 0 aliphatic rings. The van der Waals surface area contributed by atoms with Crippen LogP contribution in [0.2, 0.25) is 0 Å². The second-order valence-electron chi connectivity index (χ2n) is 6.66. The summed E-state index contributed by atoms with van der Waals surface area (Å²) in [4.78, 5) is 2.21. The van der Waals surface area contributed by atoms with E-state index >= 15 is 0 Å². The zero-order chi connectivity index (χ0) is 17.6. The molecule has 2 aromatic rings. The molecule has 0 saturated carbocycles. The Morgan fingerprint density at radius 1 is 1.29 bits per heavy atom. The van der Waals surface area contributed by atoms with Gasteiger partial charge in [-0.15, -0.1) is 0 Å². The highest BCUT2D eigenvalue weighted by Gasteiger charge is 2.20. The van der Waals surface area contributed by atoms with Crippen LogP contribution >= 0.6 is 0 Å². The van der Waals surface area contributed by atoms with Gasteiger partial charge in [0, 0.05) is 30.4 Å². The second-order valence-corrected chi connectivity index (χ2v) is 6.66. The van der Waals surface area contributed by atoms with E-state index in [1.54, 1.807) is 0 Å². The third-order valence-electron chi connectivity index (χ3n) is 3.79. The van der Waals surface area contributed by atoms with Crippen molar-refractivity contribution < 1.29 is 5.11 Å². The van der Waals surface area contributed by atoms with Gasteiger partial charge in [-0.05, 0) is 20.4 Å². The second kappa shape index (κ2) is 8.09. The zero-order valence-corrected chi connectivity index (χ0v) is 14.7. The molecule has 1 aromatic carbocycles. The number of hydrogen-bond acceptors (Lipinski definition) is 4. The van der Waals surface area contributed by atoms with Gasteiger partial charge in [-0.25, -0.2) is 0 Å². The molecule has 0 unspecified atom stereocenters. The summed E-state index contributed by atoms with van der Waals surface area (Å²) in [6.45, 7) is 8.50. The van der Waals surface area contributed by atoms with E-state index in [-0.39, 0.29) is 0 Å². The fraction of sp³-hybridized carbons (Fsp3) is 0.474.